The Morgan fingerprint density at radius 1 is 1.09 bits per heavy atom. The largest absolute Gasteiger partial charge is 0.303 e. The van der Waals surface area contributed by atoms with Crippen molar-refractivity contribution in [3.05, 3.63) is 62.3 Å². The maximum Gasteiger partial charge on any atom is 0.279 e. The molecule has 3 rings (SSSR count). The van der Waals surface area contributed by atoms with Crippen LogP contribution in [0.5, 0.6) is 0 Å². The zero-order chi connectivity index (χ0) is 16.4. The van der Waals surface area contributed by atoms with Crippen LogP contribution in [0.3, 0.4) is 0 Å². The summed E-state index contributed by atoms with van der Waals surface area (Å²) < 4.78 is 0. The number of aromatic amines is 2. The molecule has 2 heterocycles. The quantitative estimate of drug-likeness (QED) is 0.422. The monoisotopic (exact) mass is 328 g/mol. The van der Waals surface area contributed by atoms with E-state index in [4.69, 9.17) is 0 Å². The number of nitrogens with zero attached hydrogens (tertiary/aromatic N) is 2. The fourth-order valence-electron chi connectivity index (χ4n) is 2.10. The lowest BCUT2D eigenvalue weighted by Crippen LogP contribution is -2.23. The predicted molar refractivity (Wildman–Crippen MR) is 87.0 cm³/mol. The molecule has 0 fully saturated rings. The molecule has 0 amide bonds. The number of aromatic nitrogens is 4. The summed E-state index contributed by atoms with van der Waals surface area (Å²) in [6.45, 7) is 0. The van der Waals surface area contributed by atoms with Crippen LogP contribution in [0.2, 0.25) is 0 Å². The van der Waals surface area contributed by atoms with Crippen LogP contribution in [0.25, 0.3) is 11.2 Å². The highest BCUT2D eigenvalue weighted by Gasteiger charge is 2.14. The normalized spacial score (nSPS) is 10.8. The highest BCUT2D eigenvalue weighted by Crippen LogP contribution is 2.09. The van der Waals surface area contributed by atoms with Gasteiger partial charge in [-0.1, -0.05) is 42.1 Å². The molecular weight excluding hydrogens is 316 g/mol. The average Bonchev–Trinajstić information content (AvgIpc) is 2.56. The van der Waals surface area contributed by atoms with Crippen LogP contribution >= 0.6 is 11.8 Å². The van der Waals surface area contributed by atoms with Crippen LogP contribution in [-0.2, 0) is 6.42 Å². The van der Waals surface area contributed by atoms with Crippen LogP contribution in [0.15, 0.2) is 45.1 Å². The van der Waals surface area contributed by atoms with Gasteiger partial charge in [0.1, 0.15) is 5.69 Å². The molecule has 0 aliphatic carbocycles. The first-order valence-electron chi connectivity index (χ1n) is 6.74. The molecule has 0 unspecified atom stereocenters. The van der Waals surface area contributed by atoms with E-state index < -0.39 is 11.1 Å². The molecular formula is C15H12N4O3S. The topological polar surface area (TPSA) is 109 Å². The van der Waals surface area contributed by atoms with Gasteiger partial charge in [0.15, 0.2) is 22.1 Å². The van der Waals surface area contributed by atoms with Crippen molar-refractivity contribution in [2.24, 2.45) is 0 Å². The zero-order valence-corrected chi connectivity index (χ0v) is 12.9. The van der Waals surface area contributed by atoms with Gasteiger partial charge in [-0.05, 0) is 6.26 Å². The molecule has 23 heavy (non-hydrogen) atoms. The number of nitrogens with one attached hydrogen (secondary N) is 2. The summed E-state index contributed by atoms with van der Waals surface area (Å²) in [7, 11) is 0. The van der Waals surface area contributed by atoms with E-state index in [1.807, 2.05) is 0 Å². The molecule has 0 radical (unpaired) electrons. The minimum Gasteiger partial charge on any atom is -0.303 e. The number of hydrogen-bond donors (Lipinski definition) is 2. The average molecular weight is 328 g/mol. The van der Waals surface area contributed by atoms with Gasteiger partial charge in [-0.2, -0.15) is 0 Å². The second kappa shape index (κ2) is 6.17. The van der Waals surface area contributed by atoms with Gasteiger partial charge in [0.2, 0.25) is 0 Å². The van der Waals surface area contributed by atoms with E-state index in [-0.39, 0.29) is 29.1 Å². The van der Waals surface area contributed by atoms with E-state index >= 15 is 0 Å². The first-order valence-corrected chi connectivity index (χ1v) is 7.96. The standard InChI is InChI=1S/C15H12N4O3S/c1-23-15-18-12-11(14(22)19-15)16-9(13(21)17-12)7-10(20)8-5-3-2-4-6-8/h2-6H,7H2,1H3,(H2,17,18,19,21,22). The second-order valence-electron chi connectivity index (χ2n) is 4.75. The van der Waals surface area contributed by atoms with Gasteiger partial charge in [-0.3, -0.25) is 19.4 Å². The van der Waals surface area contributed by atoms with Crippen molar-refractivity contribution in [2.75, 3.05) is 6.26 Å². The number of benzene rings is 1. The molecule has 116 valence electrons. The van der Waals surface area contributed by atoms with Crippen LogP contribution in [0, 0.1) is 0 Å². The fraction of sp³-hybridized carbons (Fsp3) is 0.133. The lowest BCUT2D eigenvalue weighted by Gasteiger charge is -2.03. The molecule has 8 heteroatoms. The van der Waals surface area contributed by atoms with E-state index in [2.05, 4.69) is 19.9 Å². The number of ketones is 1. The smallest absolute Gasteiger partial charge is 0.279 e. The number of hydrogen-bond acceptors (Lipinski definition) is 6. The molecule has 0 aliphatic heterocycles. The van der Waals surface area contributed by atoms with Gasteiger partial charge in [0.25, 0.3) is 11.1 Å². The predicted octanol–water partition coefficient (Wildman–Crippen LogP) is 1.15. The fourth-order valence-corrected chi connectivity index (χ4v) is 2.47. The molecule has 0 aliphatic rings. The Hall–Kier alpha value is -2.74. The van der Waals surface area contributed by atoms with E-state index in [0.29, 0.717) is 10.7 Å². The maximum atomic E-state index is 12.2. The minimum atomic E-state index is -0.521. The van der Waals surface area contributed by atoms with Crippen molar-refractivity contribution in [3.63, 3.8) is 0 Å². The molecule has 1 aromatic carbocycles. The van der Waals surface area contributed by atoms with Crippen molar-refractivity contribution in [2.45, 2.75) is 11.6 Å². The third kappa shape index (κ3) is 3.07. The molecule has 7 nitrogen and oxygen atoms in total. The summed E-state index contributed by atoms with van der Waals surface area (Å²) in [6, 6.07) is 8.60. The molecule has 0 spiro atoms. The van der Waals surface area contributed by atoms with E-state index in [1.54, 1.807) is 36.6 Å². The maximum absolute atomic E-state index is 12.2. The van der Waals surface area contributed by atoms with Gasteiger partial charge in [-0.25, -0.2) is 9.97 Å². The van der Waals surface area contributed by atoms with E-state index in [9.17, 15) is 14.4 Å². The van der Waals surface area contributed by atoms with Crippen molar-refractivity contribution < 1.29 is 4.79 Å². The number of H-pyrrole nitrogens is 2. The second-order valence-corrected chi connectivity index (χ2v) is 5.55. The third-order valence-corrected chi connectivity index (χ3v) is 3.81. The number of carbonyl (C=O) groups excluding carboxylic acids is 1. The summed E-state index contributed by atoms with van der Waals surface area (Å²) in [5.74, 6) is -0.243. The lowest BCUT2D eigenvalue weighted by molar-refractivity contribution is 0.0991. The molecule has 3 aromatic rings. The van der Waals surface area contributed by atoms with Crippen LogP contribution < -0.4 is 11.1 Å². The zero-order valence-electron chi connectivity index (χ0n) is 12.1. The summed E-state index contributed by atoms with van der Waals surface area (Å²) in [5, 5.41) is 0.382. The minimum absolute atomic E-state index is 0.00412. The molecule has 0 saturated heterocycles. The van der Waals surface area contributed by atoms with Gasteiger partial charge in [-0.15, -0.1) is 0 Å². The van der Waals surface area contributed by atoms with Gasteiger partial charge in [0.05, 0.1) is 6.42 Å². The first-order chi connectivity index (χ1) is 11.1. The van der Waals surface area contributed by atoms with Gasteiger partial charge < -0.3 is 4.98 Å². The van der Waals surface area contributed by atoms with Crippen LogP contribution in [0.4, 0.5) is 0 Å². The van der Waals surface area contributed by atoms with Gasteiger partial charge >= 0.3 is 0 Å². The number of fused-ring (bicyclic) bond motifs is 1. The van der Waals surface area contributed by atoms with Crippen molar-refractivity contribution in [1.82, 2.24) is 19.9 Å². The van der Waals surface area contributed by atoms with Crippen molar-refractivity contribution in [1.29, 1.82) is 0 Å². The Morgan fingerprint density at radius 3 is 2.52 bits per heavy atom. The van der Waals surface area contributed by atoms with Crippen molar-refractivity contribution in [3.8, 4) is 0 Å². The molecule has 0 atom stereocenters. The summed E-state index contributed by atoms with van der Waals surface area (Å²) in [5.41, 5.74) is -0.373. The Labute approximate surface area is 134 Å². The SMILES string of the molecule is CSc1nc2[nH]c(=O)c(CC(=O)c3ccccc3)nc2c(=O)[nH]1. The van der Waals surface area contributed by atoms with Gasteiger partial charge in [0, 0.05) is 5.56 Å². The molecule has 2 N–H and O–H groups in total. The van der Waals surface area contributed by atoms with E-state index in [1.165, 1.54) is 11.8 Å². The molecule has 2 aromatic heterocycles. The Morgan fingerprint density at radius 2 is 1.83 bits per heavy atom. The number of rotatable bonds is 4. The molecule has 0 bridgehead atoms. The Bertz CT molecular complexity index is 995. The number of carbonyl (C=O) groups is 1. The van der Waals surface area contributed by atoms with E-state index in [0.717, 1.165) is 0 Å². The number of thioether (sulfide) groups is 1. The summed E-state index contributed by atoms with van der Waals surface area (Å²) in [6.07, 6.45) is 1.57. The highest BCUT2D eigenvalue weighted by atomic mass is 32.2. The Balaban J connectivity index is 2.04. The Kier molecular flexibility index (Phi) is 4.07. The van der Waals surface area contributed by atoms with Crippen LogP contribution in [-0.4, -0.2) is 32.0 Å². The molecule has 0 saturated carbocycles. The highest BCUT2D eigenvalue weighted by molar-refractivity contribution is 7.98. The first kappa shape index (κ1) is 15.2. The third-order valence-electron chi connectivity index (χ3n) is 3.23. The van der Waals surface area contributed by atoms with Crippen LogP contribution in [0.1, 0.15) is 16.1 Å². The number of Topliss-reactive ketones (excluding diaryl/α,β-unsaturated/α-hetero) is 1. The summed E-state index contributed by atoms with van der Waals surface area (Å²) >= 11 is 1.25. The lowest BCUT2D eigenvalue weighted by atomic mass is 10.1. The summed E-state index contributed by atoms with van der Waals surface area (Å²) in [4.78, 5) is 49.5. The van der Waals surface area contributed by atoms with Crippen molar-refractivity contribution >= 4 is 28.7 Å².